The maximum Gasteiger partial charge on any atom is 0.325 e. The van der Waals surface area contributed by atoms with Gasteiger partial charge in [-0.15, -0.1) is 0 Å². The van der Waals surface area contributed by atoms with E-state index in [1.807, 2.05) is 0 Å². The second kappa shape index (κ2) is 13.1. The Bertz CT molecular complexity index is 887. The van der Waals surface area contributed by atoms with Crippen molar-refractivity contribution in [3.63, 3.8) is 0 Å². The first-order valence-electron chi connectivity index (χ1n) is 10.7. The van der Waals surface area contributed by atoms with E-state index in [1.165, 1.54) is 19.1 Å². The van der Waals surface area contributed by atoms with Crippen LogP contribution in [0.3, 0.4) is 0 Å². The number of carboxylic acids is 2. The van der Waals surface area contributed by atoms with E-state index >= 15 is 0 Å². The maximum absolute atomic E-state index is 12.9. The van der Waals surface area contributed by atoms with Crippen LogP contribution in [-0.4, -0.2) is 69.1 Å². The van der Waals surface area contributed by atoms with Crippen molar-refractivity contribution in [2.75, 3.05) is 0 Å². The van der Waals surface area contributed by atoms with Crippen LogP contribution in [0, 0.1) is 5.92 Å². The van der Waals surface area contributed by atoms with Crippen LogP contribution < -0.4 is 21.7 Å². The molecule has 12 nitrogen and oxygen atoms in total. The van der Waals surface area contributed by atoms with E-state index in [0.717, 1.165) is 0 Å². The van der Waals surface area contributed by atoms with Gasteiger partial charge < -0.3 is 37.0 Å². The van der Waals surface area contributed by atoms with Crippen LogP contribution in [0.25, 0.3) is 0 Å². The van der Waals surface area contributed by atoms with Gasteiger partial charge >= 0.3 is 11.9 Å². The molecule has 0 spiro atoms. The van der Waals surface area contributed by atoms with Crippen LogP contribution in [0.15, 0.2) is 24.3 Å². The molecule has 12 heteroatoms. The van der Waals surface area contributed by atoms with Crippen molar-refractivity contribution in [1.29, 1.82) is 0 Å². The minimum absolute atomic E-state index is 0.0526. The van der Waals surface area contributed by atoms with E-state index in [1.54, 1.807) is 26.0 Å². The van der Waals surface area contributed by atoms with Gasteiger partial charge in [0.25, 0.3) is 0 Å². The quantitative estimate of drug-likeness (QED) is 0.191. The third-order valence-electron chi connectivity index (χ3n) is 4.81. The Hall–Kier alpha value is -3.67. The van der Waals surface area contributed by atoms with Crippen LogP contribution >= 0.6 is 0 Å². The van der Waals surface area contributed by atoms with E-state index in [9.17, 15) is 29.1 Å². The van der Waals surface area contributed by atoms with Crippen LogP contribution in [0.4, 0.5) is 0 Å². The summed E-state index contributed by atoms with van der Waals surface area (Å²) in [5.74, 6) is -5.12. The number of phenolic OH excluding ortho intramolecular Hbond substituents is 1. The monoisotopic (exact) mass is 480 g/mol. The molecular formula is C22H32N4O8. The Balaban J connectivity index is 2.92. The second-order valence-electron chi connectivity index (χ2n) is 8.40. The van der Waals surface area contributed by atoms with Gasteiger partial charge in [0.2, 0.25) is 17.7 Å². The number of rotatable bonds is 13. The molecule has 0 saturated heterocycles. The van der Waals surface area contributed by atoms with Crippen LogP contribution in [-0.2, 0) is 30.4 Å². The number of hydrogen-bond acceptors (Lipinski definition) is 7. The van der Waals surface area contributed by atoms with Gasteiger partial charge in [0.05, 0.1) is 12.5 Å². The Labute approximate surface area is 196 Å². The standard InChI is InChI=1S/C22H32N4O8/c1-11(2)8-16(25-19(30)15(23)9-13-4-6-14(27)7-5-13)21(32)26-17(10-18(28)29)20(31)24-12(3)22(33)34/h4-7,11-12,15-17,27H,8-10,23H2,1-3H3,(H,24,31)(H,25,30)(H,26,32)(H,28,29)(H,33,34). The first-order chi connectivity index (χ1) is 15.8. The van der Waals surface area contributed by atoms with Gasteiger partial charge in [0.15, 0.2) is 0 Å². The number of carboxylic acid groups (broad SMARTS) is 2. The molecule has 0 aliphatic rings. The summed E-state index contributed by atoms with van der Waals surface area (Å²) in [7, 11) is 0. The van der Waals surface area contributed by atoms with E-state index in [0.29, 0.717) is 5.56 Å². The number of nitrogens with one attached hydrogen (secondary N) is 3. The third kappa shape index (κ3) is 9.86. The highest BCUT2D eigenvalue weighted by Gasteiger charge is 2.31. The highest BCUT2D eigenvalue weighted by molar-refractivity contribution is 5.95. The average molecular weight is 481 g/mol. The van der Waals surface area contributed by atoms with Crippen LogP contribution in [0.2, 0.25) is 0 Å². The van der Waals surface area contributed by atoms with Crippen molar-refractivity contribution in [1.82, 2.24) is 16.0 Å². The summed E-state index contributed by atoms with van der Waals surface area (Å²) in [5, 5.41) is 34.3. The third-order valence-corrected chi connectivity index (χ3v) is 4.81. The molecule has 34 heavy (non-hydrogen) atoms. The zero-order chi connectivity index (χ0) is 26.0. The molecule has 0 bridgehead atoms. The summed E-state index contributed by atoms with van der Waals surface area (Å²) in [6.45, 7) is 4.80. The number of carbonyl (C=O) groups excluding carboxylic acids is 3. The topological polar surface area (TPSA) is 208 Å². The highest BCUT2D eigenvalue weighted by Crippen LogP contribution is 2.12. The summed E-state index contributed by atoms with van der Waals surface area (Å²) in [6.07, 6.45) is -0.470. The van der Waals surface area contributed by atoms with Gasteiger partial charge in [-0.1, -0.05) is 26.0 Å². The number of benzene rings is 1. The molecule has 1 rings (SSSR count). The molecule has 0 saturated carbocycles. The maximum atomic E-state index is 12.9. The number of phenols is 1. The normalized spacial score (nSPS) is 14.4. The number of hydrogen-bond donors (Lipinski definition) is 7. The van der Waals surface area contributed by atoms with E-state index in [-0.39, 0.29) is 24.5 Å². The number of carbonyl (C=O) groups is 5. The minimum atomic E-state index is -1.55. The molecular weight excluding hydrogens is 448 g/mol. The lowest BCUT2D eigenvalue weighted by Crippen LogP contribution is -2.57. The summed E-state index contributed by atoms with van der Waals surface area (Å²) >= 11 is 0. The second-order valence-corrected chi connectivity index (χ2v) is 8.40. The van der Waals surface area contributed by atoms with Crippen molar-refractivity contribution in [3.05, 3.63) is 29.8 Å². The fourth-order valence-electron chi connectivity index (χ4n) is 2.99. The minimum Gasteiger partial charge on any atom is -0.508 e. The van der Waals surface area contributed by atoms with Crippen molar-refractivity contribution < 1.29 is 39.3 Å². The number of amides is 3. The molecule has 0 aliphatic heterocycles. The Morgan fingerprint density at radius 3 is 1.88 bits per heavy atom. The first-order valence-corrected chi connectivity index (χ1v) is 10.7. The average Bonchev–Trinajstić information content (AvgIpc) is 2.73. The Kier molecular flexibility index (Phi) is 11.0. The SMILES string of the molecule is CC(C)CC(NC(=O)C(N)Cc1ccc(O)cc1)C(=O)NC(CC(=O)O)C(=O)NC(C)C(=O)O. The summed E-state index contributed by atoms with van der Waals surface area (Å²) < 4.78 is 0. The highest BCUT2D eigenvalue weighted by atomic mass is 16.4. The van der Waals surface area contributed by atoms with Crippen molar-refractivity contribution in [3.8, 4) is 5.75 Å². The van der Waals surface area contributed by atoms with Gasteiger partial charge in [0.1, 0.15) is 23.9 Å². The van der Waals surface area contributed by atoms with E-state index < -0.39 is 60.2 Å². The number of nitrogens with two attached hydrogens (primary N) is 1. The van der Waals surface area contributed by atoms with Crippen LogP contribution in [0.5, 0.6) is 5.75 Å². The lowest BCUT2D eigenvalue weighted by atomic mass is 10.0. The van der Waals surface area contributed by atoms with Gasteiger partial charge in [-0.3, -0.25) is 24.0 Å². The summed E-state index contributed by atoms with van der Waals surface area (Å²) in [6, 6.07) is 1.14. The molecule has 1 aromatic carbocycles. The van der Waals surface area contributed by atoms with Crippen molar-refractivity contribution in [2.45, 2.75) is 64.2 Å². The van der Waals surface area contributed by atoms with Crippen LogP contribution in [0.1, 0.15) is 39.2 Å². The molecule has 4 unspecified atom stereocenters. The Morgan fingerprint density at radius 2 is 1.38 bits per heavy atom. The zero-order valence-electron chi connectivity index (χ0n) is 19.3. The molecule has 3 amide bonds. The lowest BCUT2D eigenvalue weighted by molar-refractivity contribution is -0.143. The smallest absolute Gasteiger partial charge is 0.325 e. The van der Waals surface area contributed by atoms with Crippen molar-refractivity contribution >= 4 is 29.7 Å². The van der Waals surface area contributed by atoms with Gasteiger partial charge in [-0.05, 0) is 43.4 Å². The molecule has 0 aromatic heterocycles. The fourth-order valence-corrected chi connectivity index (χ4v) is 2.99. The zero-order valence-corrected chi connectivity index (χ0v) is 19.3. The molecule has 8 N–H and O–H groups in total. The van der Waals surface area contributed by atoms with E-state index in [2.05, 4.69) is 16.0 Å². The summed E-state index contributed by atoms with van der Waals surface area (Å²) in [4.78, 5) is 60.0. The number of aliphatic carboxylic acids is 2. The molecule has 188 valence electrons. The molecule has 0 heterocycles. The van der Waals surface area contributed by atoms with Gasteiger partial charge in [0, 0.05) is 0 Å². The van der Waals surface area contributed by atoms with E-state index in [4.69, 9.17) is 15.9 Å². The van der Waals surface area contributed by atoms with Crippen molar-refractivity contribution in [2.24, 2.45) is 11.7 Å². The fraction of sp³-hybridized carbons (Fsp3) is 0.500. The predicted molar refractivity (Wildman–Crippen MR) is 121 cm³/mol. The summed E-state index contributed by atoms with van der Waals surface area (Å²) in [5.41, 5.74) is 6.65. The molecule has 0 aliphatic carbocycles. The van der Waals surface area contributed by atoms with Gasteiger partial charge in [-0.2, -0.15) is 0 Å². The van der Waals surface area contributed by atoms with Gasteiger partial charge in [-0.25, -0.2) is 0 Å². The lowest BCUT2D eigenvalue weighted by Gasteiger charge is -2.25. The molecule has 0 radical (unpaired) electrons. The first kappa shape index (κ1) is 28.4. The molecule has 0 fully saturated rings. The molecule has 1 aromatic rings. The predicted octanol–water partition coefficient (Wildman–Crippen LogP) is -0.658. The largest absolute Gasteiger partial charge is 0.508 e. The molecule has 4 atom stereocenters. The Morgan fingerprint density at radius 1 is 0.853 bits per heavy atom. The number of aromatic hydroxyl groups is 1.